The van der Waals surface area contributed by atoms with E-state index in [2.05, 4.69) is 0 Å². The highest BCUT2D eigenvalue weighted by Gasteiger charge is 2.41. The summed E-state index contributed by atoms with van der Waals surface area (Å²) in [6.07, 6.45) is 0. The molecule has 0 saturated carbocycles. The molecule has 17 heavy (non-hydrogen) atoms. The average molecular weight is 235 g/mol. The first-order valence-corrected chi connectivity index (χ1v) is 5.68. The molecule has 1 aliphatic heterocycles. The van der Waals surface area contributed by atoms with Crippen LogP contribution in [0.5, 0.6) is 11.5 Å². The van der Waals surface area contributed by atoms with Crippen molar-refractivity contribution >= 4 is 11.6 Å². The van der Waals surface area contributed by atoms with Crippen LogP contribution in [-0.4, -0.2) is 22.7 Å². The summed E-state index contributed by atoms with van der Waals surface area (Å²) in [7, 11) is 0. The van der Waals surface area contributed by atoms with Crippen LogP contribution in [0.2, 0.25) is 0 Å². The fourth-order valence-corrected chi connectivity index (χ4v) is 2.01. The zero-order valence-corrected chi connectivity index (χ0v) is 10.5. The van der Waals surface area contributed by atoms with E-state index < -0.39 is 5.60 Å². The lowest BCUT2D eigenvalue weighted by atomic mass is 10.0. The van der Waals surface area contributed by atoms with Gasteiger partial charge in [-0.2, -0.15) is 0 Å². The van der Waals surface area contributed by atoms with Crippen LogP contribution in [-0.2, 0) is 4.79 Å². The van der Waals surface area contributed by atoms with Crippen molar-refractivity contribution in [1.29, 1.82) is 0 Å². The van der Waals surface area contributed by atoms with Crippen molar-refractivity contribution in [1.82, 2.24) is 0 Å². The zero-order chi connectivity index (χ0) is 12.8. The average Bonchev–Trinajstić information content (AvgIpc) is 2.20. The van der Waals surface area contributed by atoms with E-state index in [0.29, 0.717) is 11.4 Å². The Kier molecular flexibility index (Phi) is 2.53. The van der Waals surface area contributed by atoms with Gasteiger partial charge in [-0.1, -0.05) is 0 Å². The van der Waals surface area contributed by atoms with E-state index in [0.717, 1.165) is 0 Å². The number of rotatable bonds is 1. The summed E-state index contributed by atoms with van der Waals surface area (Å²) in [4.78, 5) is 13.9. The van der Waals surface area contributed by atoms with Crippen molar-refractivity contribution in [2.24, 2.45) is 0 Å². The van der Waals surface area contributed by atoms with Crippen molar-refractivity contribution in [3.63, 3.8) is 0 Å². The van der Waals surface area contributed by atoms with Gasteiger partial charge in [0.1, 0.15) is 11.5 Å². The summed E-state index contributed by atoms with van der Waals surface area (Å²) in [5.74, 6) is 0.664. The maximum absolute atomic E-state index is 12.3. The topological polar surface area (TPSA) is 49.8 Å². The summed E-state index contributed by atoms with van der Waals surface area (Å²) >= 11 is 0. The molecular weight excluding hydrogens is 218 g/mol. The molecule has 2 rings (SSSR count). The molecule has 1 amide bonds. The van der Waals surface area contributed by atoms with Crippen molar-refractivity contribution < 1.29 is 14.6 Å². The number of aromatic hydroxyl groups is 1. The molecule has 1 heterocycles. The van der Waals surface area contributed by atoms with Gasteiger partial charge in [0.15, 0.2) is 5.60 Å². The molecule has 0 fully saturated rings. The molecule has 0 unspecified atom stereocenters. The number of nitrogens with zero attached hydrogens (tertiary/aromatic N) is 1. The first-order valence-electron chi connectivity index (χ1n) is 5.68. The molecule has 92 valence electrons. The number of phenolic OH excluding ortho intramolecular Hbond substituents is 1. The van der Waals surface area contributed by atoms with Crippen LogP contribution in [0.4, 0.5) is 5.69 Å². The highest BCUT2D eigenvalue weighted by atomic mass is 16.5. The molecule has 0 aliphatic carbocycles. The van der Waals surface area contributed by atoms with E-state index in [4.69, 9.17) is 4.74 Å². The molecular formula is C13H17NO3. The normalized spacial score (nSPS) is 17.9. The Hall–Kier alpha value is -1.71. The molecule has 1 aromatic rings. The standard InChI is InChI=1S/C13H17NO3/c1-8(2)14-10-7-9(15)5-6-11(10)17-13(3,4)12(14)16/h5-8,15H,1-4H3. The van der Waals surface area contributed by atoms with Gasteiger partial charge < -0.3 is 14.7 Å². The third-order valence-electron chi connectivity index (χ3n) is 2.82. The predicted molar refractivity (Wildman–Crippen MR) is 65.4 cm³/mol. The molecule has 1 aliphatic rings. The van der Waals surface area contributed by atoms with E-state index in [1.54, 1.807) is 36.9 Å². The Labute approximate surface area is 101 Å². The van der Waals surface area contributed by atoms with Gasteiger partial charge in [0, 0.05) is 12.1 Å². The molecule has 4 heteroatoms. The zero-order valence-electron chi connectivity index (χ0n) is 10.5. The monoisotopic (exact) mass is 235 g/mol. The number of amides is 1. The van der Waals surface area contributed by atoms with E-state index >= 15 is 0 Å². The second kappa shape index (κ2) is 3.65. The number of fused-ring (bicyclic) bond motifs is 1. The lowest BCUT2D eigenvalue weighted by molar-refractivity contribution is -0.133. The minimum absolute atomic E-state index is 0.0197. The van der Waals surface area contributed by atoms with Gasteiger partial charge in [-0.15, -0.1) is 0 Å². The van der Waals surface area contributed by atoms with Crippen LogP contribution in [0.3, 0.4) is 0 Å². The van der Waals surface area contributed by atoms with Gasteiger partial charge in [0.05, 0.1) is 5.69 Å². The van der Waals surface area contributed by atoms with Gasteiger partial charge in [-0.25, -0.2) is 0 Å². The van der Waals surface area contributed by atoms with Crippen LogP contribution in [0.1, 0.15) is 27.7 Å². The number of benzene rings is 1. The first kappa shape index (κ1) is 11.8. The number of hydrogen-bond donors (Lipinski definition) is 1. The number of hydrogen-bond acceptors (Lipinski definition) is 3. The molecule has 0 saturated heterocycles. The van der Waals surface area contributed by atoms with E-state index in [9.17, 15) is 9.90 Å². The number of anilines is 1. The van der Waals surface area contributed by atoms with E-state index in [1.807, 2.05) is 13.8 Å². The van der Waals surface area contributed by atoms with Crippen molar-refractivity contribution in [3.05, 3.63) is 18.2 Å². The molecule has 4 nitrogen and oxygen atoms in total. The largest absolute Gasteiger partial charge is 0.508 e. The smallest absolute Gasteiger partial charge is 0.270 e. The number of carbonyl (C=O) groups is 1. The minimum atomic E-state index is -0.867. The van der Waals surface area contributed by atoms with Crippen molar-refractivity contribution in [2.75, 3.05) is 4.90 Å². The molecule has 0 aromatic heterocycles. The van der Waals surface area contributed by atoms with Crippen LogP contribution in [0.25, 0.3) is 0 Å². The van der Waals surface area contributed by atoms with E-state index in [-0.39, 0.29) is 17.7 Å². The van der Waals surface area contributed by atoms with Gasteiger partial charge in [0.25, 0.3) is 5.91 Å². The number of phenols is 1. The summed E-state index contributed by atoms with van der Waals surface area (Å²) < 4.78 is 5.66. The van der Waals surface area contributed by atoms with Crippen LogP contribution in [0, 0.1) is 0 Å². The maximum atomic E-state index is 12.3. The summed E-state index contributed by atoms with van der Waals surface area (Å²) in [6, 6.07) is 4.83. The van der Waals surface area contributed by atoms with Crippen LogP contribution in [0.15, 0.2) is 18.2 Å². The highest BCUT2D eigenvalue weighted by Crippen LogP contribution is 2.40. The van der Waals surface area contributed by atoms with Gasteiger partial charge in [-0.3, -0.25) is 4.79 Å². The fourth-order valence-electron chi connectivity index (χ4n) is 2.01. The quantitative estimate of drug-likeness (QED) is 0.812. The molecule has 0 spiro atoms. The molecule has 0 radical (unpaired) electrons. The number of ether oxygens (including phenoxy) is 1. The second-order valence-electron chi connectivity index (χ2n) is 5.03. The Morgan fingerprint density at radius 2 is 2.00 bits per heavy atom. The van der Waals surface area contributed by atoms with E-state index in [1.165, 1.54) is 0 Å². The second-order valence-corrected chi connectivity index (χ2v) is 5.03. The molecule has 0 atom stereocenters. The van der Waals surface area contributed by atoms with Gasteiger partial charge in [0.2, 0.25) is 0 Å². The lowest BCUT2D eigenvalue weighted by Crippen LogP contribution is -2.54. The number of carbonyl (C=O) groups excluding carboxylic acids is 1. The Bertz CT molecular complexity index is 466. The highest BCUT2D eigenvalue weighted by molar-refractivity contribution is 6.02. The molecule has 1 N–H and O–H groups in total. The Morgan fingerprint density at radius 1 is 1.35 bits per heavy atom. The Morgan fingerprint density at radius 3 is 2.59 bits per heavy atom. The van der Waals surface area contributed by atoms with Crippen LogP contribution < -0.4 is 9.64 Å². The molecule has 0 bridgehead atoms. The van der Waals surface area contributed by atoms with Crippen molar-refractivity contribution in [2.45, 2.75) is 39.3 Å². The van der Waals surface area contributed by atoms with Gasteiger partial charge >= 0.3 is 0 Å². The third kappa shape index (κ3) is 1.84. The minimum Gasteiger partial charge on any atom is -0.508 e. The third-order valence-corrected chi connectivity index (χ3v) is 2.82. The maximum Gasteiger partial charge on any atom is 0.270 e. The summed E-state index contributed by atoms with van der Waals surface area (Å²) in [5, 5.41) is 9.51. The SMILES string of the molecule is CC(C)N1C(=O)C(C)(C)Oc2ccc(O)cc21. The molecule has 1 aromatic carbocycles. The summed E-state index contributed by atoms with van der Waals surface area (Å²) in [6.45, 7) is 7.38. The lowest BCUT2D eigenvalue weighted by Gasteiger charge is -2.40. The van der Waals surface area contributed by atoms with Crippen LogP contribution >= 0.6 is 0 Å². The van der Waals surface area contributed by atoms with Gasteiger partial charge in [-0.05, 0) is 39.8 Å². The Balaban J connectivity index is 2.59. The van der Waals surface area contributed by atoms with Crippen molar-refractivity contribution in [3.8, 4) is 11.5 Å². The fraction of sp³-hybridized carbons (Fsp3) is 0.462. The summed E-state index contributed by atoms with van der Waals surface area (Å²) in [5.41, 5.74) is -0.238. The first-order chi connectivity index (χ1) is 7.83. The predicted octanol–water partition coefficient (Wildman–Crippen LogP) is 2.30.